The molecule has 0 spiro atoms. The van der Waals surface area contributed by atoms with Gasteiger partial charge in [-0.2, -0.15) is 0 Å². The van der Waals surface area contributed by atoms with E-state index in [0.717, 1.165) is 30.6 Å². The van der Waals surface area contributed by atoms with E-state index in [1.165, 1.54) is 0 Å². The highest BCUT2D eigenvalue weighted by atomic mass is 35.5. The van der Waals surface area contributed by atoms with Crippen molar-refractivity contribution < 1.29 is 4.79 Å². The first-order valence-corrected chi connectivity index (χ1v) is 7.22. The van der Waals surface area contributed by atoms with Crippen LogP contribution in [0.2, 0.25) is 0 Å². The SMILES string of the molecule is O=C(CCCCCl)Nc1cccc(Cn2ccnc2)c1. The van der Waals surface area contributed by atoms with Crippen molar-refractivity contribution >= 4 is 23.2 Å². The highest BCUT2D eigenvalue weighted by Gasteiger charge is 2.03. The first-order chi connectivity index (χ1) is 9.78. The molecule has 1 N–H and O–H groups in total. The van der Waals surface area contributed by atoms with Crippen molar-refractivity contribution in [3.8, 4) is 0 Å². The van der Waals surface area contributed by atoms with Crippen LogP contribution in [0.3, 0.4) is 0 Å². The fourth-order valence-electron chi connectivity index (χ4n) is 1.94. The molecule has 5 heteroatoms. The Balaban J connectivity index is 1.90. The summed E-state index contributed by atoms with van der Waals surface area (Å²) in [5.74, 6) is 0.642. The number of rotatable bonds is 7. The number of alkyl halides is 1. The van der Waals surface area contributed by atoms with Gasteiger partial charge < -0.3 is 9.88 Å². The van der Waals surface area contributed by atoms with E-state index in [-0.39, 0.29) is 5.91 Å². The van der Waals surface area contributed by atoms with Gasteiger partial charge >= 0.3 is 0 Å². The molecule has 1 amide bonds. The van der Waals surface area contributed by atoms with Crippen molar-refractivity contribution in [1.82, 2.24) is 9.55 Å². The van der Waals surface area contributed by atoms with Crippen molar-refractivity contribution in [2.24, 2.45) is 0 Å². The first kappa shape index (κ1) is 14.6. The molecule has 106 valence electrons. The van der Waals surface area contributed by atoms with Gasteiger partial charge in [0, 0.05) is 36.9 Å². The number of aromatic nitrogens is 2. The molecule has 0 radical (unpaired) electrons. The van der Waals surface area contributed by atoms with Crippen LogP contribution in [-0.4, -0.2) is 21.3 Å². The molecule has 0 aliphatic heterocycles. The third-order valence-electron chi connectivity index (χ3n) is 2.92. The number of carbonyl (C=O) groups is 1. The lowest BCUT2D eigenvalue weighted by atomic mass is 10.2. The summed E-state index contributed by atoms with van der Waals surface area (Å²) in [6.07, 6.45) is 7.65. The Morgan fingerprint density at radius 2 is 2.25 bits per heavy atom. The molecule has 20 heavy (non-hydrogen) atoms. The van der Waals surface area contributed by atoms with Crippen molar-refractivity contribution in [3.05, 3.63) is 48.5 Å². The number of anilines is 1. The summed E-state index contributed by atoms with van der Waals surface area (Å²) < 4.78 is 1.99. The Morgan fingerprint density at radius 1 is 1.35 bits per heavy atom. The van der Waals surface area contributed by atoms with Crippen LogP contribution in [0.15, 0.2) is 43.0 Å². The summed E-state index contributed by atoms with van der Waals surface area (Å²) in [5, 5.41) is 2.91. The fourth-order valence-corrected chi connectivity index (χ4v) is 2.13. The Kier molecular flexibility index (Phi) is 5.62. The lowest BCUT2D eigenvalue weighted by Crippen LogP contribution is -2.11. The quantitative estimate of drug-likeness (QED) is 0.628. The second-order valence-electron chi connectivity index (χ2n) is 4.63. The van der Waals surface area contributed by atoms with Gasteiger partial charge in [0.25, 0.3) is 0 Å². The molecule has 2 aromatic rings. The minimum Gasteiger partial charge on any atom is -0.333 e. The van der Waals surface area contributed by atoms with Crippen LogP contribution in [0, 0.1) is 0 Å². The van der Waals surface area contributed by atoms with E-state index in [4.69, 9.17) is 11.6 Å². The number of hydrogen-bond donors (Lipinski definition) is 1. The van der Waals surface area contributed by atoms with Gasteiger partial charge in [0.1, 0.15) is 0 Å². The van der Waals surface area contributed by atoms with Crippen LogP contribution in [0.4, 0.5) is 5.69 Å². The topological polar surface area (TPSA) is 46.9 Å². The molecule has 0 bridgehead atoms. The summed E-state index contributed by atoms with van der Waals surface area (Å²) in [7, 11) is 0. The smallest absolute Gasteiger partial charge is 0.224 e. The van der Waals surface area contributed by atoms with Gasteiger partial charge in [-0.05, 0) is 30.5 Å². The highest BCUT2D eigenvalue weighted by molar-refractivity contribution is 6.17. The number of nitrogens with zero attached hydrogens (tertiary/aromatic N) is 2. The van der Waals surface area contributed by atoms with Crippen molar-refractivity contribution in [3.63, 3.8) is 0 Å². The van der Waals surface area contributed by atoms with E-state index in [1.54, 1.807) is 12.5 Å². The Labute approximate surface area is 123 Å². The molecule has 1 heterocycles. The van der Waals surface area contributed by atoms with Gasteiger partial charge in [0.15, 0.2) is 0 Å². The zero-order valence-electron chi connectivity index (χ0n) is 11.3. The summed E-state index contributed by atoms with van der Waals surface area (Å²) in [5.41, 5.74) is 1.96. The normalized spacial score (nSPS) is 10.4. The van der Waals surface area contributed by atoms with Crippen LogP contribution in [0.5, 0.6) is 0 Å². The molecule has 0 saturated heterocycles. The van der Waals surface area contributed by atoms with Gasteiger partial charge in [0.2, 0.25) is 5.91 Å². The zero-order chi connectivity index (χ0) is 14.2. The van der Waals surface area contributed by atoms with Gasteiger partial charge in [-0.25, -0.2) is 4.98 Å². The van der Waals surface area contributed by atoms with Gasteiger partial charge in [-0.3, -0.25) is 4.79 Å². The fraction of sp³-hybridized carbons (Fsp3) is 0.333. The van der Waals surface area contributed by atoms with Crippen molar-refractivity contribution in [2.75, 3.05) is 11.2 Å². The maximum absolute atomic E-state index is 11.7. The lowest BCUT2D eigenvalue weighted by Gasteiger charge is -2.08. The number of hydrogen-bond acceptors (Lipinski definition) is 2. The maximum atomic E-state index is 11.7. The number of carbonyl (C=O) groups excluding carboxylic acids is 1. The summed E-state index contributed by atoms with van der Waals surface area (Å²) in [6, 6.07) is 7.86. The van der Waals surface area contributed by atoms with Crippen LogP contribution < -0.4 is 5.32 Å². The van der Waals surface area contributed by atoms with E-state index >= 15 is 0 Å². The predicted octanol–water partition coefficient (Wildman–Crippen LogP) is 3.28. The summed E-state index contributed by atoms with van der Waals surface area (Å²) in [4.78, 5) is 15.8. The van der Waals surface area contributed by atoms with Crippen molar-refractivity contribution in [1.29, 1.82) is 0 Å². The summed E-state index contributed by atoms with van der Waals surface area (Å²) in [6.45, 7) is 0.746. The Hall–Kier alpha value is -1.81. The second-order valence-corrected chi connectivity index (χ2v) is 5.01. The number of amides is 1. The molecule has 2 rings (SSSR count). The molecular weight excluding hydrogens is 274 g/mol. The molecule has 0 aliphatic rings. The Morgan fingerprint density at radius 3 is 3.00 bits per heavy atom. The standard InChI is InChI=1S/C15H18ClN3O/c16-7-2-1-6-15(20)18-14-5-3-4-13(10-14)11-19-9-8-17-12-19/h3-5,8-10,12H,1-2,6-7,11H2,(H,18,20). The summed E-state index contributed by atoms with van der Waals surface area (Å²) >= 11 is 5.59. The van der Waals surface area contributed by atoms with Crippen LogP contribution in [0.25, 0.3) is 0 Å². The lowest BCUT2D eigenvalue weighted by molar-refractivity contribution is -0.116. The second kappa shape index (κ2) is 7.70. The number of nitrogens with one attached hydrogen (secondary N) is 1. The minimum absolute atomic E-state index is 0.0369. The third-order valence-corrected chi connectivity index (χ3v) is 3.19. The van der Waals surface area contributed by atoms with E-state index in [0.29, 0.717) is 12.3 Å². The Bertz CT molecular complexity index is 540. The molecule has 0 saturated carbocycles. The van der Waals surface area contributed by atoms with E-state index in [9.17, 15) is 4.79 Å². The molecule has 0 atom stereocenters. The van der Waals surface area contributed by atoms with E-state index < -0.39 is 0 Å². The zero-order valence-corrected chi connectivity index (χ0v) is 12.0. The molecule has 0 aliphatic carbocycles. The molecule has 4 nitrogen and oxygen atoms in total. The largest absolute Gasteiger partial charge is 0.333 e. The van der Waals surface area contributed by atoms with Gasteiger partial charge in [-0.1, -0.05) is 12.1 Å². The van der Waals surface area contributed by atoms with Gasteiger partial charge in [-0.15, -0.1) is 11.6 Å². The van der Waals surface area contributed by atoms with Crippen LogP contribution >= 0.6 is 11.6 Å². The molecule has 1 aromatic carbocycles. The van der Waals surface area contributed by atoms with Crippen molar-refractivity contribution in [2.45, 2.75) is 25.8 Å². The number of benzene rings is 1. The highest BCUT2D eigenvalue weighted by Crippen LogP contribution is 2.12. The first-order valence-electron chi connectivity index (χ1n) is 6.68. The maximum Gasteiger partial charge on any atom is 0.224 e. The molecular formula is C15H18ClN3O. The van der Waals surface area contributed by atoms with Crippen LogP contribution in [-0.2, 0) is 11.3 Å². The minimum atomic E-state index is 0.0369. The molecule has 1 aromatic heterocycles. The predicted molar refractivity (Wildman–Crippen MR) is 81.0 cm³/mol. The van der Waals surface area contributed by atoms with E-state index in [2.05, 4.69) is 10.3 Å². The molecule has 0 fully saturated rings. The van der Waals surface area contributed by atoms with Gasteiger partial charge in [0.05, 0.1) is 6.33 Å². The average molecular weight is 292 g/mol. The monoisotopic (exact) mass is 291 g/mol. The average Bonchev–Trinajstić information content (AvgIpc) is 2.92. The van der Waals surface area contributed by atoms with Crippen LogP contribution in [0.1, 0.15) is 24.8 Å². The third kappa shape index (κ3) is 4.70. The van der Waals surface area contributed by atoms with E-state index in [1.807, 2.05) is 35.0 Å². The number of halogens is 1. The molecule has 0 unspecified atom stereocenters. The number of imidazole rings is 1. The number of unbranched alkanes of at least 4 members (excludes halogenated alkanes) is 1.